The number of benzene rings is 3. The summed E-state index contributed by atoms with van der Waals surface area (Å²) in [4.78, 5) is 30.2. The molecule has 1 N–H and O–H groups in total. The summed E-state index contributed by atoms with van der Waals surface area (Å²) in [5.41, 5.74) is 8.54. The Kier molecular flexibility index (Phi) is 9.04. The molecule has 5 rings (SSSR count). The van der Waals surface area contributed by atoms with E-state index >= 15 is 0 Å². The van der Waals surface area contributed by atoms with Crippen molar-refractivity contribution in [1.82, 2.24) is 19.8 Å². The molecule has 0 atom stereocenters. The van der Waals surface area contributed by atoms with Gasteiger partial charge in [0.25, 0.3) is 0 Å². The van der Waals surface area contributed by atoms with Gasteiger partial charge in [-0.2, -0.15) is 0 Å². The minimum Gasteiger partial charge on any atom is -0.496 e. The van der Waals surface area contributed by atoms with E-state index in [1.807, 2.05) is 44.4 Å². The Morgan fingerprint density at radius 2 is 1.74 bits per heavy atom. The van der Waals surface area contributed by atoms with E-state index in [1.165, 1.54) is 5.56 Å². The van der Waals surface area contributed by atoms with Crippen LogP contribution in [0.15, 0.2) is 53.5 Å². The van der Waals surface area contributed by atoms with Crippen LogP contribution >= 0.6 is 0 Å². The second-order valence-corrected chi connectivity index (χ2v) is 11.5. The molecule has 8 heteroatoms. The van der Waals surface area contributed by atoms with E-state index in [0.29, 0.717) is 24.4 Å². The van der Waals surface area contributed by atoms with Crippen LogP contribution in [0.1, 0.15) is 46.3 Å². The van der Waals surface area contributed by atoms with Gasteiger partial charge in [-0.15, -0.1) is 0 Å². The van der Waals surface area contributed by atoms with Crippen LogP contribution in [0.25, 0.3) is 22.4 Å². The number of nitrogens with one attached hydrogen (secondary N) is 1. The van der Waals surface area contributed by atoms with E-state index in [9.17, 15) is 4.79 Å². The summed E-state index contributed by atoms with van der Waals surface area (Å²) in [6.45, 7) is 4.66. The van der Waals surface area contributed by atoms with Gasteiger partial charge >= 0.3 is 0 Å². The number of carbonyl (C=O) groups excluding carboxylic acids is 1. The maximum Gasteiger partial charge on any atom is 0.163 e. The molecule has 0 saturated carbocycles. The molecule has 42 heavy (non-hydrogen) atoms. The number of aryl methyl sites for hydroxylation is 1. The third-order valence-corrected chi connectivity index (χ3v) is 7.61. The number of H-pyrrole nitrogens is 1. The Balaban J connectivity index is 1.36. The first-order valence-electron chi connectivity index (χ1n) is 14.6. The number of hydrogen-bond acceptors (Lipinski definition) is 7. The van der Waals surface area contributed by atoms with Gasteiger partial charge in [-0.25, -0.2) is 4.98 Å². The van der Waals surface area contributed by atoms with Gasteiger partial charge < -0.3 is 24.3 Å². The Hall–Kier alpha value is -4.01. The number of hydrogen-bond donors (Lipinski definition) is 1. The topological polar surface area (TPSA) is 83.1 Å². The third-order valence-electron chi connectivity index (χ3n) is 7.61. The predicted molar refractivity (Wildman–Crippen MR) is 170 cm³/mol. The zero-order chi connectivity index (χ0) is 29.8. The van der Waals surface area contributed by atoms with Crippen molar-refractivity contribution < 1.29 is 14.3 Å². The standard InChI is InChI=1S/C34H41N5O3/c1-22-17-27(34-36-28-13-11-24(19-31(28)37-34)32(40)9-7-14-38(2)3)33(41-6)21-26(22)30-18-23-10-12-25(20-29(23)35-30)42-16-8-15-39(4)5/h10-13,17,19-21H,7-9,14-16,18H2,1-6H3,(H,36,37). The summed E-state index contributed by atoms with van der Waals surface area (Å²) in [5, 5.41) is 0. The molecule has 0 aliphatic carbocycles. The lowest BCUT2D eigenvalue weighted by Gasteiger charge is -2.12. The van der Waals surface area contributed by atoms with Gasteiger partial charge in [-0.05, 0) is 102 Å². The normalized spacial score (nSPS) is 12.7. The highest BCUT2D eigenvalue weighted by molar-refractivity contribution is 6.08. The SMILES string of the molecule is COc1cc(C2=Nc3cc(OCCCN(C)C)ccc3C2)c(C)cc1-c1nc2ccc(C(=O)CCCN(C)C)cc2[nH]1. The van der Waals surface area contributed by atoms with Gasteiger partial charge in [-0.3, -0.25) is 9.79 Å². The molecule has 220 valence electrons. The van der Waals surface area contributed by atoms with E-state index in [4.69, 9.17) is 19.5 Å². The highest BCUT2D eigenvalue weighted by Gasteiger charge is 2.21. The van der Waals surface area contributed by atoms with Gasteiger partial charge in [0.15, 0.2) is 5.78 Å². The highest BCUT2D eigenvalue weighted by atomic mass is 16.5. The predicted octanol–water partition coefficient (Wildman–Crippen LogP) is 6.08. The smallest absolute Gasteiger partial charge is 0.163 e. The molecular formula is C34H41N5O3. The number of carbonyl (C=O) groups is 1. The number of rotatable bonds is 13. The van der Waals surface area contributed by atoms with Crippen molar-refractivity contribution in [1.29, 1.82) is 0 Å². The summed E-state index contributed by atoms with van der Waals surface area (Å²) in [6.07, 6.45) is 3.10. The average molecular weight is 568 g/mol. The zero-order valence-electron chi connectivity index (χ0n) is 25.6. The fourth-order valence-corrected chi connectivity index (χ4v) is 5.34. The lowest BCUT2D eigenvalue weighted by atomic mass is 9.97. The molecule has 1 aromatic heterocycles. The summed E-state index contributed by atoms with van der Waals surface area (Å²) in [7, 11) is 9.85. The number of methoxy groups -OCH3 is 1. The first-order valence-corrected chi connectivity index (χ1v) is 14.6. The maximum atomic E-state index is 12.7. The van der Waals surface area contributed by atoms with Crippen molar-refractivity contribution in [2.24, 2.45) is 4.99 Å². The summed E-state index contributed by atoms with van der Waals surface area (Å²) in [6, 6.07) is 16.0. The molecule has 1 aliphatic heterocycles. The summed E-state index contributed by atoms with van der Waals surface area (Å²) >= 11 is 0. The monoisotopic (exact) mass is 567 g/mol. The number of ether oxygens (including phenoxy) is 2. The minimum atomic E-state index is 0.147. The molecular weight excluding hydrogens is 526 g/mol. The number of fused-ring (bicyclic) bond motifs is 2. The molecule has 4 aromatic rings. The molecule has 0 fully saturated rings. The first kappa shape index (κ1) is 29.5. The number of ketones is 1. The number of aliphatic imine (C=N–C) groups is 1. The van der Waals surface area contributed by atoms with E-state index < -0.39 is 0 Å². The third kappa shape index (κ3) is 6.72. The quantitative estimate of drug-likeness (QED) is 0.156. The first-order chi connectivity index (χ1) is 20.2. The Bertz CT molecular complexity index is 1620. The van der Waals surface area contributed by atoms with Crippen molar-refractivity contribution in [3.8, 4) is 22.9 Å². The van der Waals surface area contributed by atoms with Crippen LogP contribution in [0.4, 0.5) is 5.69 Å². The summed E-state index contributed by atoms with van der Waals surface area (Å²) in [5.74, 6) is 2.43. The van der Waals surface area contributed by atoms with E-state index in [0.717, 1.165) is 83.0 Å². The van der Waals surface area contributed by atoms with Crippen molar-refractivity contribution in [2.45, 2.75) is 32.6 Å². The second kappa shape index (κ2) is 12.9. The minimum absolute atomic E-state index is 0.147. The van der Waals surface area contributed by atoms with E-state index in [-0.39, 0.29) is 5.78 Å². The average Bonchev–Trinajstić information content (AvgIpc) is 3.58. The molecule has 1 aliphatic rings. The van der Waals surface area contributed by atoms with Gasteiger partial charge in [-0.1, -0.05) is 6.07 Å². The van der Waals surface area contributed by atoms with Gasteiger partial charge in [0.2, 0.25) is 0 Å². The molecule has 2 heterocycles. The van der Waals surface area contributed by atoms with E-state index in [2.05, 4.69) is 54.0 Å². The van der Waals surface area contributed by atoms with Crippen molar-refractivity contribution in [3.05, 3.63) is 70.8 Å². The van der Waals surface area contributed by atoms with E-state index in [1.54, 1.807) is 7.11 Å². The van der Waals surface area contributed by atoms with Crippen molar-refractivity contribution in [3.63, 3.8) is 0 Å². The number of nitrogens with zero attached hydrogens (tertiary/aromatic N) is 4. The molecule has 3 aromatic carbocycles. The van der Waals surface area contributed by atoms with Crippen molar-refractivity contribution in [2.75, 3.05) is 55.0 Å². The van der Waals surface area contributed by atoms with Crippen LogP contribution in [-0.2, 0) is 6.42 Å². The molecule has 0 unspecified atom stereocenters. The lowest BCUT2D eigenvalue weighted by Crippen LogP contribution is -2.15. The zero-order valence-corrected chi connectivity index (χ0v) is 25.6. The van der Waals surface area contributed by atoms with Crippen LogP contribution in [0.3, 0.4) is 0 Å². The number of Topliss-reactive ketones (excluding diaryl/α,β-unsaturated/α-hetero) is 1. The van der Waals surface area contributed by atoms with Crippen LogP contribution < -0.4 is 9.47 Å². The van der Waals surface area contributed by atoms with Crippen LogP contribution in [0.5, 0.6) is 11.5 Å². The largest absolute Gasteiger partial charge is 0.496 e. The van der Waals surface area contributed by atoms with Crippen LogP contribution in [0, 0.1) is 6.92 Å². The number of imidazole rings is 1. The second-order valence-electron chi connectivity index (χ2n) is 11.5. The maximum absolute atomic E-state index is 12.7. The lowest BCUT2D eigenvalue weighted by molar-refractivity contribution is 0.0977. The fourth-order valence-electron chi connectivity index (χ4n) is 5.34. The molecule has 0 spiro atoms. The summed E-state index contributed by atoms with van der Waals surface area (Å²) < 4.78 is 11.8. The van der Waals surface area contributed by atoms with Gasteiger partial charge in [0.05, 0.1) is 41.7 Å². The van der Waals surface area contributed by atoms with Crippen LogP contribution in [-0.4, -0.2) is 86.3 Å². The van der Waals surface area contributed by atoms with Crippen LogP contribution in [0.2, 0.25) is 0 Å². The van der Waals surface area contributed by atoms with Crippen molar-refractivity contribution >= 4 is 28.2 Å². The molecule has 0 saturated heterocycles. The van der Waals surface area contributed by atoms with Gasteiger partial charge in [0, 0.05) is 36.6 Å². The Morgan fingerprint density at radius 3 is 2.50 bits per heavy atom. The molecule has 0 amide bonds. The molecule has 0 bridgehead atoms. The Morgan fingerprint density at radius 1 is 0.952 bits per heavy atom. The molecule has 0 radical (unpaired) electrons. The highest BCUT2D eigenvalue weighted by Crippen LogP contribution is 2.37. The fraction of sp³-hybridized carbons (Fsp3) is 0.382. The number of aromatic nitrogens is 2. The molecule has 8 nitrogen and oxygen atoms in total. The number of aromatic amines is 1. The van der Waals surface area contributed by atoms with Gasteiger partial charge in [0.1, 0.15) is 17.3 Å². The Labute approximate surface area is 248 Å².